The highest BCUT2D eigenvalue weighted by Crippen LogP contribution is 2.28. The van der Waals surface area contributed by atoms with Crippen LogP contribution in [0, 0.1) is 0 Å². The van der Waals surface area contributed by atoms with Crippen molar-refractivity contribution in [3.8, 4) is 23.0 Å². The minimum atomic E-state index is 0.368. The van der Waals surface area contributed by atoms with Crippen molar-refractivity contribution in [2.75, 3.05) is 20.8 Å². The van der Waals surface area contributed by atoms with E-state index in [1.807, 2.05) is 66.7 Å². The molecule has 0 aliphatic heterocycles. The number of fused-ring (bicyclic) bond motifs is 1. The molecule has 0 aliphatic carbocycles. The highest BCUT2D eigenvalue weighted by molar-refractivity contribution is 5.75. The molecule has 0 saturated heterocycles. The Morgan fingerprint density at radius 3 is 1.97 bits per heavy atom. The Bertz CT molecular complexity index is 1160. The highest BCUT2D eigenvalue weighted by atomic mass is 16.5. The fraction of sp³-hybridized carbons (Fsp3) is 0.269. The zero-order valence-electron chi connectivity index (χ0n) is 18.5. The minimum Gasteiger partial charge on any atom is -0.493 e. The summed E-state index contributed by atoms with van der Waals surface area (Å²) >= 11 is 0. The van der Waals surface area contributed by atoms with E-state index in [0.717, 1.165) is 47.7 Å². The van der Waals surface area contributed by atoms with Gasteiger partial charge in [-0.25, -0.2) is 4.98 Å². The van der Waals surface area contributed by atoms with E-state index >= 15 is 0 Å². The van der Waals surface area contributed by atoms with E-state index in [-0.39, 0.29) is 0 Å². The van der Waals surface area contributed by atoms with Gasteiger partial charge in [0.25, 0.3) is 0 Å². The van der Waals surface area contributed by atoms with Gasteiger partial charge in [0, 0.05) is 6.54 Å². The van der Waals surface area contributed by atoms with Crippen molar-refractivity contribution in [1.82, 2.24) is 9.55 Å². The van der Waals surface area contributed by atoms with E-state index in [2.05, 4.69) is 10.6 Å². The van der Waals surface area contributed by atoms with Crippen LogP contribution < -0.4 is 18.9 Å². The van der Waals surface area contributed by atoms with E-state index < -0.39 is 0 Å². The summed E-state index contributed by atoms with van der Waals surface area (Å²) in [4.78, 5) is 4.80. The third-order valence-electron chi connectivity index (χ3n) is 5.26. The van der Waals surface area contributed by atoms with Crippen LogP contribution in [0.15, 0.2) is 72.8 Å². The number of benzene rings is 3. The van der Waals surface area contributed by atoms with Crippen LogP contribution in [0.3, 0.4) is 0 Å². The lowest BCUT2D eigenvalue weighted by Gasteiger charge is -2.13. The smallest absolute Gasteiger partial charge is 0.161 e. The number of hydrogen-bond donors (Lipinski definition) is 0. The molecule has 3 aromatic carbocycles. The molecule has 0 atom stereocenters. The van der Waals surface area contributed by atoms with Gasteiger partial charge in [0.05, 0.1) is 31.9 Å². The van der Waals surface area contributed by atoms with Gasteiger partial charge in [0.15, 0.2) is 23.0 Å². The van der Waals surface area contributed by atoms with Crippen molar-refractivity contribution in [3.05, 3.63) is 78.6 Å². The third-order valence-corrected chi connectivity index (χ3v) is 5.26. The van der Waals surface area contributed by atoms with E-state index in [9.17, 15) is 0 Å². The number of hydrogen-bond acceptors (Lipinski definition) is 5. The van der Waals surface area contributed by atoms with Crippen molar-refractivity contribution in [2.24, 2.45) is 0 Å². The standard InChI is InChI=1S/C26H28N2O4/c1-29-22-13-5-7-15-24(22)31-18-10-9-17-28-21-12-4-3-11-20(21)27-26(28)19-32-25-16-8-6-14-23(25)30-2/h3-8,11-16H,9-10,17-19H2,1-2H3. The molecule has 1 heterocycles. The number of unbranched alkanes of at least 4 members (excludes halogenated alkanes) is 1. The summed E-state index contributed by atoms with van der Waals surface area (Å²) in [5.74, 6) is 3.84. The molecule has 4 rings (SSSR count). The molecule has 1 aromatic heterocycles. The summed E-state index contributed by atoms with van der Waals surface area (Å²) in [6.07, 6.45) is 1.87. The molecule has 0 spiro atoms. The summed E-state index contributed by atoms with van der Waals surface area (Å²) < 4.78 is 24.9. The highest BCUT2D eigenvalue weighted by Gasteiger charge is 2.12. The number of ether oxygens (including phenoxy) is 4. The number of imidazole rings is 1. The van der Waals surface area contributed by atoms with Crippen LogP contribution >= 0.6 is 0 Å². The fourth-order valence-corrected chi connectivity index (χ4v) is 3.66. The van der Waals surface area contributed by atoms with Crippen molar-refractivity contribution in [1.29, 1.82) is 0 Å². The van der Waals surface area contributed by atoms with Gasteiger partial charge in [0.2, 0.25) is 0 Å². The second-order valence-corrected chi connectivity index (χ2v) is 7.31. The van der Waals surface area contributed by atoms with Crippen molar-refractivity contribution in [3.63, 3.8) is 0 Å². The van der Waals surface area contributed by atoms with Gasteiger partial charge >= 0.3 is 0 Å². The molecule has 0 radical (unpaired) electrons. The molecule has 166 valence electrons. The number of aryl methyl sites for hydroxylation is 1. The average molecular weight is 433 g/mol. The van der Waals surface area contributed by atoms with Gasteiger partial charge in [-0.15, -0.1) is 0 Å². The second kappa shape index (κ2) is 10.6. The molecular weight excluding hydrogens is 404 g/mol. The fourth-order valence-electron chi connectivity index (χ4n) is 3.66. The monoisotopic (exact) mass is 432 g/mol. The lowest BCUT2D eigenvalue weighted by atomic mass is 10.3. The van der Waals surface area contributed by atoms with Crippen LogP contribution in [0.5, 0.6) is 23.0 Å². The summed E-state index contributed by atoms with van der Waals surface area (Å²) in [5.41, 5.74) is 2.08. The third kappa shape index (κ3) is 4.97. The van der Waals surface area contributed by atoms with Gasteiger partial charge < -0.3 is 23.5 Å². The van der Waals surface area contributed by atoms with Gasteiger partial charge in [-0.1, -0.05) is 36.4 Å². The molecule has 0 bridgehead atoms. The van der Waals surface area contributed by atoms with Gasteiger partial charge in [-0.2, -0.15) is 0 Å². The molecule has 6 heteroatoms. The largest absolute Gasteiger partial charge is 0.493 e. The molecule has 0 saturated carbocycles. The first-order valence-electron chi connectivity index (χ1n) is 10.8. The molecular formula is C26H28N2O4. The van der Waals surface area contributed by atoms with Crippen LogP contribution in [-0.4, -0.2) is 30.4 Å². The van der Waals surface area contributed by atoms with Crippen LogP contribution in [0.1, 0.15) is 18.7 Å². The second-order valence-electron chi connectivity index (χ2n) is 7.31. The molecule has 0 unspecified atom stereocenters. The van der Waals surface area contributed by atoms with Gasteiger partial charge in [-0.3, -0.25) is 0 Å². The SMILES string of the molecule is COc1ccccc1OCCCCn1c(COc2ccccc2OC)nc2ccccc21. The number of rotatable bonds is 11. The maximum absolute atomic E-state index is 6.05. The van der Waals surface area contributed by atoms with Crippen molar-refractivity contribution in [2.45, 2.75) is 26.0 Å². The predicted octanol–water partition coefficient (Wildman–Crippen LogP) is 5.49. The molecule has 4 aromatic rings. The maximum Gasteiger partial charge on any atom is 0.161 e. The molecule has 0 amide bonds. The van der Waals surface area contributed by atoms with E-state index in [4.69, 9.17) is 23.9 Å². The Kier molecular flexibility index (Phi) is 7.12. The van der Waals surface area contributed by atoms with Crippen LogP contribution in [-0.2, 0) is 13.2 Å². The first-order valence-corrected chi connectivity index (χ1v) is 10.8. The normalized spacial score (nSPS) is 10.8. The van der Waals surface area contributed by atoms with E-state index in [0.29, 0.717) is 24.7 Å². The van der Waals surface area contributed by atoms with Gasteiger partial charge in [0.1, 0.15) is 12.4 Å². The zero-order chi connectivity index (χ0) is 22.2. The first-order chi connectivity index (χ1) is 15.8. The Morgan fingerprint density at radius 1 is 0.688 bits per heavy atom. The molecule has 0 aliphatic rings. The van der Waals surface area contributed by atoms with E-state index in [1.165, 1.54) is 0 Å². The molecule has 0 fully saturated rings. The zero-order valence-corrected chi connectivity index (χ0v) is 18.5. The number of nitrogens with zero attached hydrogens (tertiary/aromatic N) is 2. The number of para-hydroxylation sites is 6. The number of methoxy groups -OCH3 is 2. The maximum atomic E-state index is 6.05. The van der Waals surface area contributed by atoms with Crippen LogP contribution in [0.25, 0.3) is 11.0 Å². The summed E-state index contributed by atoms with van der Waals surface area (Å²) in [5, 5.41) is 0. The lowest BCUT2D eigenvalue weighted by Crippen LogP contribution is -2.09. The summed E-state index contributed by atoms with van der Waals surface area (Å²) in [7, 11) is 3.30. The Hall–Kier alpha value is -3.67. The molecule has 6 nitrogen and oxygen atoms in total. The Morgan fingerprint density at radius 2 is 1.28 bits per heavy atom. The van der Waals surface area contributed by atoms with Gasteiger partial charge in [-0.05, 0) is 49.2 Å². The van der Waals surface area contributed by atoms with Crippen LogP contribution in [0.4, 0.5) is 0 Å². The summed E-state index contributed by atoms with van der Waals surface area (Å²) in [6.45, 7) is 1.83. The quantitative estimate of drug-likeness (QED) is 0.293. The number of aromatic nitrogens is 2. The minimum absolute atomic E-state index is 0.368. The Labute approximate surface area is 188 Å². The lowest BCUT2D eigenvalue weighted by molar-refractivity contribution is 0.268. The first kappa shape index (κ1) is 21.6. The molecule has 0 N–H and O–H groups in total. The topological polar surface area (TPSA) is 54.7 Å². The van der Waals surface area contributed by atoms with E-state index in [1.54, 1.807) is 14.2 Å². The van der Waals surface area contributed by atoms with Crippen LogP contribution in [0.2, 0.25) is 0 Å². The Balaban J connectivity index is 1.40. The molecule has 32 heavy (non-hydrogen) atoms. The average Bonchev–Trinajstić information content (AvgIpc) is 3.20. The van der Waals surface area contributed by atoms with Crippen molar-refractivity contribution < 1.29 is 18.9 Å². The van der Waals surface area contributed by atoms with Crippen molar-refractivity contribution >= 4 is 11.0 Å². The summed E-state index contributed by atoms with van der Waals surface area (Å²) in [6, 6.07) is 23.5. The predicted molar refractivity (Wildman–Crippen MR) is 125 cm³/mol.